The number of aliphatic hydroxyl groups is 1. The molecule has 1 aliphatic carbocycles. The number of thioether (sulfide) groups is 1. The number of rotatable bonds is 5. The Labute approximate surface area is 157 Å². The highest BCUT2D eigenvalue weighted by atomic mass is 32.2. The molecule has 26 heavy (non-hydrogen) atoms. The number of aliphatic hydroxyl groups excluding tert-OH is 1. The molecule has 7 heteroatoms. The first-order chi connectivity index (χ1) is 12.7. The normalized spacial score (nSPS) is 18.7. The highest BCUT2D eigenvalue weighted by Crippen LogP contribution is 2.37. The van der Waals surface area contributed by atoms with Gasteiger partial charge in [-0.2, -0.15) is 5.10 Å². The standard InChI is InChI=1S/C19H24N4O2S/c24-18(13-26-16-5-7-20-8-6-16)22-9-2-10-23-15(12-22)11-17(21-23)19(25)14-3-1-4-14/h5-8,11,14,19,25H,1-4,9-10,12-13H2. The van der Waals surface area contributed by atoms with Gasteiger partial charge in [0.25, 0.3) is 0 Å². The van der Waals surface area contributed by atoms with E-state index < -0.39 is 6.10 Å². The molecule has 1 amide bonds. The van der Waals surface area contributed by atoms with E-state index in [-0.39, 0.29) is 5.91 Å². The Balaban J connectivity index is 1.40. The quantitative estimate of drug-likeness (QED) is 0.817. The maximum absolute atomic E-state index is 12.6. The van der Waals surface area contributed by atoms with Crippen LogP contribution < -0.4 is 0 Å². The lowest BCUT2D eigenvalue weighted by molar-refractivity contribution is -0.128. The van der Waals surface area contributed by atoms with Crippen molar-refractivity contribution in [3.63, 3.8) is 0 Å². The zero-order valence-electron chi connectivity index (χ0n) is 14.8. The summed E-state index contributed by atoms with van der Waals surface area (Å²) in [5, 5.41) is 15.1. The van der Waals surface area contributed by atoms with Crippen LogP contribution in [0, 0.1) is 5.92 Å². The third kappa shape index (κ3) is 3.78. The summed E-state index contributed by atoms with van der Waals surface area (Å²) in [5.41, 5.74) is 1.79. The van der Waals surface area contributed by atoms with Gasteiger partial charge in [0.1, 0.15) is 6.10 Å². The van der Waals surface area contributed by atoms with Gasteiger partial charge in [0.05, 0.1) is 23.7 Å². The van der Waals surface area contributed by atoms with Crippen LogP contribution in [-0.4, -0.2) is 43.0 Å². The van der Waals surface area contributed by atoms with Crippen LogP contribution in [-0.2, 0) is 17.9 Å². The minimum absolute atomic E-state index is 0.141. The van der Waals surface area contributed by atoms with Crippen LogP contribution >= 0.6 is 11.8 Å². The third-order valence-corrected chi connectivity index (χ3v) is 6.29. The van der Waals surface area contributed by atoms with Crippen molar-refractivity contribution >= 4 is 17.7 Å². The molecule has 0 spiro atoms. The van der Waals surface area contributed by atoms with Crippen molar-refractivity contribution in [2.24, 2.45) is 5.92 Å². The zero-order chi connectivity index (χ0) is 17.9. The van der Waals surface area contributed by atoms with E-state index >= 15 is 0 Å². The number of hydrogen-bond acceptors (Lipinski definition) is 5. The molecule has 0 bridgehead atoms. The molecule has 1 fully saturated rings. The Morgan fingerprint density at radius 1 is 1.27 bits per heavy atom. The van der Waals surface area contributed by atoms with Gasteiger partial charge in [0, 0.05) is 30.4 Å². The predicted octanol–water partition coefficient (Wildman–Crippen LogP) is 2.64. The smallest absolute Gasteiger partial charge is 0.233 e. The Morgan fingerprint density at radius 2 is 2.08 bits per heavy atom. The molecule has 4 rings (SSSR count). The fourth-order valence-electron chi connectivity index (χ4n) is 3.51. The van der Waals surface area contributed by atoms with Gasteiger partial charge in [-0.05, 0) is 43.4 Å². The number of carbonyl (C=O) groups is 1. The summed E-state index contributed by atoms with van der Waals surface area (Å²) >= 11 is 1.54. The lowest BCUT2D eigenvalue weighted by Crippen LogP contribution is -2.32. The molecule has 1 N–H and O–H groups in total. The fraction of sp³-hybridized carbons (Fsp3) is 0.526. The van der Waals surface area contributed by atoms with E-state index in [4.69, 9.17) is 0 Å². The van der Waals surface area contributed by atoms with Gasteiger partial charge in [-0.1, -0.05) is 6.42 Å². The SMILES string of the molecule is O=C(CSc1ccncc1)N1CCCn2nc(C(O)C3CCC3)cc2C1. The molecule has 0 aromatic carbocycles. The first kappa shape index (κ1) is 17.5. The Kier molecular flexibility index (Phi) is 5.26. The highest BCUT2D eigenvalue weighted by molar-refractivity contribution is 8.00. The van der Waals surface area contributed by atoms with Crippen molar-refractivity contribution in [3.05, 3.63) is 42.0 Å². The summed E-state index contributed by atoms with van der Waals surface area (Å²) in [6.07, 6.45) is 7.28. The van der Waals surface area contributed by atoms with E-state index in [0.29, 0.717) is 18.2 Å². The Hall–Kier alpha value is -1.86. The van der Waals surface area contributed by atoms with Crippen LogP contribution in [0.25, 0.3) is 0 Å². The molecule has 0 radical (unpaired) electrons. The van der Waals surface area contributed by atoms with Gasteiger partial charge < -0.3 is 10.0 Å². The van der Waals surface area contributed by atoms with Crippen LogP contribution in [0.3, 0.4) is 0 Å². The van der Waals surface area contributed by atoms with Gasteiger partial charge in [0.15, 0.2) is 0 Å². The lowest BCUT2D eigenvalue weighted by atomic mass is 9.80. The number of hydrogen-bond donors (Lipinski definition) is 1. The van der Waals surface area contributed by atoms with Gasteiger partial charge in [-0.15, -0.1) is 11.8 Å². The van der Waals surface area contributed by atoms with Crippen molar-refractivity contribution in [3.8, 4) is 0 Å². The second-order valence-electron chi connectivity index (χ2n) is 7.06. The number of amides is 1. The summed E-state index contributed by atoms with van der Waals surface area (Å²) in [6.45, 7) is 2.12. The number of pyridine rings is 1. The van der Waals surface area contributed by atoms with Crippen LogP contribution in [0.4, 0.5) is 0 Å². The largest absolute Gasteiger partial charge is 0.386 e. The Bertz CT molecular complexity index is 760. The van der Waals surface area contributed by atoms with E-state index in [2.05, 4.69) is 10.1 Å². The van der Waals surface area contributed by atoms with Gasteiger partial charge in [0.2, 0.25) is 5.91 Å². The van der Waals surface area contributed by atoms with Crippen LogP contribution in [0.5, 0.6) is 0 Å². The van der Waals surface area contributed by atoms with E-state index in [0.717, 1.165) is 48.6 Å². The lowest BCUT2D eigenvalue weighted by Gasteiger charge is -2.29. The third-order valence-electron chi connectivity index (χ3n) is 5.30. The highest BCUT2D eigenvalue weighted by Gasteiger charge is 2.30. The minimum Gasteiger partial charge on any atom is -0.386 e. The van der Waals surface area contributed by atoms with Crippen LogP contribution in [0.2, 0.25) is 0 Å². The van der Waals surface area contributed by atoms with Crippen molar-refractivity contribution in [2.75, 3.05) is 12.3 Å². The molecule has 1 saturated carbocycles. The summed E-state index contributed by atoms with van der Waals surface area (Å²) in [7, 11) is 0. The van der Waals surface area contributed by atoms with E-state index in [9.17, 15) is 9.90 Å². The first-order valence-corrected chi connectivity index (χ1v) is 10.2. The summed E-state index contributed by atoms with van der Waals surface area (Å²) < 4.78 is 1.97. The van der Waals surface area contributed by atoms with Crippen molar-refractivity contribution in [1.29, 1.82) is 0 Å². The number of aromatic nitrogens is 3. The minimum atomic E-state index is -0.463. The molecule has 1 unspecified atom stereocenters. The zero-order valence-corrected chi connectivity index (χ0v) is 15.6. The average Bonchev–Trinajstić information content (AvgIpc) is 2.91. The second kappa shape index (κ2) is 7.80. The number of carbonyl (C=O) groups excluding carboxylic acids is 1. The van der Waals surface area contributed by atoms with E-state index in [1.54, 1.807) is 24.2 Å². The van der Waals surface area contributed by atoms with Crippen molar-refractivity contribution in [2.45, 2.75) is 49.8 Å². The molecular formula is C19H24N4O2S. The number of fused-ring (bicyclic) bond motifs is 1. The second-order valence-corrected chi connectivity index (χ2v) is 8.11. The summed E-state index contributed by atoms with van der Waals surface area (Å²) in [5.74, 6) is 0.918. The monoisotopic (exact) mass is 372 g/mol. The maximum atomic E-state index is 12.6. The molecule has 2 aliphatic rings. The van der Waals surface area contributed by atoms with E-state index in [1.165, 1.54) is 6.42 Å². The number of aryl methyl sites for hydroxylation is 1. The average molecular weight is 372 g/mol. The fourth-order valence-corrected chi connectivity index (χ4v) is 4.30. The molecular weight excluding hydrogens is 348 g/mol. The van der Waals surface area contributed by atoms with E-state index in [1.807, 2.05) is 27.8 Å². The number of nitrogens with zero attached hydrogens (tertiary/aromatic N) is 4. The predicted molar refractivity (Wildman–Crippen MR) is 99.5 cm³/mol. The molecule has 1 aliphatic heterocycles. The molecule has 3 heterocycles. The van der Waals surface area contributed by atoms with Crippen molar-refractivity contribution in [1.82, 2.24) is 19.7 Å². The molecule has 1 atom stereocenters. The molecule has 138 valence electrons. The van der Waals surface area contributed by atoms with Gasteiger partial charge in [-0.25, -0.2) is 0 Å². The maximum Gasteiger partial charge on any atom is 0.233 e. The molecule has 2 aromatic heterocycles. The molecule has 6 nitrogen and oxygen atoms in total. The summed E-state index contributed by atoms with van der Waals surface area (Å²) in [6, 6.07) is 5.83. The topological polar surface area (TPSA) is 71.2 Å². The molecule has 2 aromatic rings. The van der Waals surface area contributed by atoms with Crippen LogP contribution in [0.15, 0.2) is 35.5 Å². The summed E-state index contributed by atoms with van der Waals surface area (Å²) in [4.78, 5) is 19.6. The van der Waals surface area contributed by atoms with Crippen LogP contribution in [0.1, 0.15) is 43.2 Å². The first-order valence-electron chi connectivity index (χ1n) is 9.26. The van der Waals surface area contributed by atoms with Gasteiger partial charge >= 0.3 is 0 Å². The Morgan fingerprint density at radius 3 is 2.81 bits per heavy atom. The van der Waals surface area contributed by atoms with Gasteiger partial charge in [-0.3, -0.25) is 14.5 Å². The molecule has 0 saturated heterocycles. The van der Waals surface area contributed by atoms with Crippen molar-refractivity contribution < 1.29 is 9.90 Å².